The summed E-state index contributed by atoms with van der Waals surface area (Å²) < 4.78 is 3.47. The van der Waals surface area contributed by atoms with E-state index in [1.165, 1.54) is 53.5 Å². The number of pyridine rings is 1. The number of piperazine rings is 1. The Bertz CT molecular complexity index is 3970. The lowest BCUT2D eigenvalue weighted by molar-refractivity contribution is -0.840. The minimum Gasteiger partial charge on any atom is -0.691 e. The minimum absolute atomic E-state index is 0. The van der Waals surface area contributed by atoms with Crippen LogP contribution in [0.2, 0.25) is 0 Å². The lowest BCUT2D eigenvalue weighted by Crippen LogP contribution is -2.47. The van der Waals surface area contributed by atoms with Gasteiger partial charge in [-0.1, -0.05) is 27.3 Å². The lowest BCUT2D eigenvalue weighted by atomic mass is 9.82. The molecule has 3 aliphatic heterocycles. The van der Waals surface area contributed by atoms with Crippen LogP contribution in [0.1, 0.15) is 124 Å². The SMILES string of the molecule is C.C.C[N+](C)([O-])CCCn1[nH]n(O)c2c(=O)c3c(=O)ccc(=O)c3c(=O)c21.O=C1C=C(N2CC2)C(=O)c2c1n(CN1CCN(c3ccccn3)CC1)n[n+]2[O-].O=C1c2cc3c(cc2C(=O)c2c1n(CCCN1CCCCC1)n[n+]2[O-])CCCC3. The summed E-state index contributed by atoms with van der Waals surface area (Å²) in [6, 6.07) is 11.4. The first-order chi connectivity index (χ1) is 39.4. The molecular formula is C57H69N15O12. The number of ketones is 4. The zero-order valence-electron chi connectivity index (χ0n) is 45.5. The number of carbonyl (C=O) groups is 4. The molecule has 7 aromatic rings. The fourth-order valence-corrected chi connectivity index (χ4v) is 11.6. The van der Waals surface area contributed by atoms with Crippen molar-refractivity contribution < 1.29 is 38.7 Å². The number of Topliss-reactive ketones (excluding diaryl/α,β-unsaturated/α-hetero) is 1. The Balaban J connectivity index is 0.000000150. The molecule has 0 amide bonds. The van der Waals surface area contributed by atoms with Crippen molar-refractivity contribution in [2.45, 2.75) is 92.4 Å². The summed E-state index contributed by atoms with van der Waals surface area (Å²) in [4.78, 5) is 115. The summed E-state index contributed by atoms with van der Waals surface area (Å²) in [5.74, 6) is -0.452. The maximum Gasteiger partial charge on any atom is 0.256 e. The van der Waals surface area contributed by atoms with Crippen molar-refractivity contribution in [3.8, 4) is 0 Å². The molecule has 0 atom stereocenters. The molecule has 444 valence electrons. The van der Waals surface area contributed by atoms with Gasteiger partial charge in [0.25, 0.3) is 28.6 Å². The van der Waals surface area contributed by atoms with Gasteiger partial charge in [-0.15, -0.1) is 23.9 Å². The zero-order valence-corrected chi connectivity index (χ0v) is 45.5. The third-order valence-corrected chi connectivity index (χ3v) is 15.8. The van der Waals surface area contributed by atoms with Crippen LogP contribution in [0.3, 0.4) is 0 Å². The normalized spacial score (nSPS) is 16.8. The number of aromatic nitrogens is 10. The summed E-state index contributed by atoms with van der Waals surface area (Å²) >= 11 is 0. The number of anilines is 1. The minimum atomic E-state index is -0.898. The Morgan fingerprint density at radius 3 is 1.83 bits per heavy atom. The Kier molecular flexibility index (Phi) is 17.2. The van der Waals surface area contributed by atoms with E-state index in [-0.39, 0.29) is 78.4 Å². The summed E-state index contributed by atoms with van der Waals surface area (Å²) in [5.41, 5.74) is -0.469. The Morgan fingerprint density at radius 1 is 0.631 bits per heavy atom. The van der Waals surface area contributed by atoms with E-state index < -0.39 is 48.4 Å². The molecule has 13 rings (SSSR count). The van der Waals surface area contributed by atoms with Crippen molar-refractivity contribution in [2.24, 2.45) is 0 Å². The van der Waals surface area contributed by atoms with Gasteiger partial charge in [-0.25, -0.2) is 10.2 Å². The average molecular weight is 1160 g/mol. The number of nitrogens with one attached hydrogen (secondary N) is 1. The molecule has 2 N–H and O–H groups in total. The molecule has 0 saturated carbocycles. The number of nitrogens with zero attached hydrogens (tertiary/aromatic N) is 14. The van der Waals surface area contributed by atoms with Crippen LogP contribution in [0.15, 0.2) is 79.6 Å². The van der Waals surface area contributed by atoms with Gasteiger partial charge in [0.05, 0.1) is 47.5 Å². The van der Waals surface area contributed by atoms with Crippen LogP contribution >= 0.6 is 0 Å². The van der Waals surface area contributed by atoms with Crippen LogP contribution in [-0.2, 0) is 32.6 Å². The molecule has 7 heterocycles. The zero-order chi connectivity index (χ0) is 57.7. The van der Waals surface area contributed by atoms with Gasteiger partial charge in [-0.3, -0.25) is 47.9 Å². The number of aryl methyl sites for hydroxylation is 4. The molecule has 0 bridgehead atoms. The second kappa shape index (κ2) is 24.2. The summed E-state index contributed by atoms with van der Waals surface area (Å²) in [6.45, 7) is 8.76. The number of piperidine rings is 1. The van der Waals surface area contributed by atoms with Crippen LogP contribution in [0.25, 0.3) is 21.8 Å². The van der Waals surface area contributed by atoms with Crippen molar-refractivity contribution >= 4 is 50.8 Å². The molecule has 84 heavy (non-hydrogen) atoms. The van der Waals surface area contributed by atoms with Crippen LogP contribution in [0.5, 0.6) is 0 Å². The van der Waals surface area contributed by atoms with Gasteiger partial charge in [-0.2, -0.15) is 0 Å². The Labute approximate surface area is 481 Å². The van der Waals surface area contributed by atoms with Crippen LogP contribution in [-0.4, -0.2) is 167 Å². The number of carbonyl (C=O) groups excluding carboxylic acids is 4. The van der Waals surface area contributed by atoms with Gasteiger partial charge in [0.2, 0.25) is 28.2 Å². The fourth-order valence-electron chi connectivity index (χ4n) is 11.6. The highest BCUT2D eigenvalue weighted by Gasteiger charge is 2.44. The molecule has 3 aromatic carbocycles. The first-order valence-corrected chi connectivity index (χ1v) is 27.6. The molecular weight excluding hydrogens is 1090 g/mol. The van der Waals surface area contributed by atoms with E-state index in [9.17, 15) is 59.2 Å². The first kappa shape index (κ1) is 59.8. The smallest absolute Gasteiger partial charge is 0.256 e. The number of fused-ring (bicyclic) bond motifs is 6. The van der Waals surface area contributed by atoms with Crippen LogP contribution in [0.4, 0.5) is 5.82 Å². The van der Waals surface area contributed by atoms with E-state index in [0.717, 1.165) is 120 Å². The monoisotopic (exact) mass is 1160 g/mol. The number of hydrogen-bond donors (Lipinski definition) is 2. The van der Waals surface area contributed by atoms with Gasteiger partial charge in [0, 0.05) is 88.6 Å². The van der Waals surface area contributed by atoms with Crippen molar-refractivity contribution in [3.63, 3.8) is 0 Å². The predicted molar refractivity (Wildman–Crippen MR) is 307 cm³/mol. The molecule has 0 spiro atoms. The van der Waals surface area contributed by atoms with Crippen molar-refractivity contribution in [1.82, 2.24) is 54.2 Å². The number of hydroxylamine groups is 3. The van der Waals surface area contributed by atoms with Crippen molar-refractivity contribution in [3.05, 3.63) is 162 Å². The van der Waals surface area contributed by atoms with E-state index in [1.807, 2.05) is 30.3 Å². The maximum absolute atomic E-state index is 13.3. The quantitative estimate of drug-likeness (QED) is 0.0438. The molecule has 0 unspecified atom stereocenters. The highest BCUT2D eigenvalue weighted by atomic mass is 16.5. The van der Waals surface area contributed by atoms with Crippen LogP contribution < -0.4 is 36.3 Å². The molecule has 6 aliphatic rings. The topological polar surface area (TPSA) is 321 Å². The number of likely N-dealkylation sites (tertiary alicyclic amines) is 1. The van der Waals surface area contributed by atoms with E-state index in [1.54, 1.807) is 11.1 Å². The number of benzene rings is 3. The number of hydrogen-bond acceptors (Lipinski definition) is 19. The predicted octanol–water partition coefficient (Wildman–Crippen LogP) is 1.59. The molecule has 3 fully saturated rings. The van der Waals surface area contributed by atoms with E-state index >= 15 is 0 Å². The van der Waals surface area contributed by atoms with Gasteiger partial charge >= 0.3 is 0 Å². The molecule has 4 aromatic heterocycles. The second-order valence-electron chi connectivity index (χ2n) is 22.0. The van der Waals surface area contributed by atoms with E-state index in [4.69, 9.17) is 0 Å². The Hall–Kier alpha value is -8.79. The number of quaternary nitrogens is 1. The van der Waals surface area contributed by atoms with Gasteiger partial charge in [0.15, 0.2) is 23.0 Å². The molecule has 3 aliphatic carbocycles. The lowest BCUT2D eigenvalue weighted by Gasteiger charge is -2.34. The standard InChI is InChI=1S/C22H26N4O3.C18H19N7O3.C15H16N4O6.2CH4/c27-21-17-13-15-7-2-3-8-16(15)14-18(17)22(28)20-19(21)25(23-26(20)29)12-6-11-24-9-4-1-5-10-24;26-14-11-13(22-9-10-22)18(27)17-16(14)24(20-25(17)28)12-21-5-7-23(8-6-21)15-3-1-2-4-19-15;1-19(2,25)7-3-6-17-12-13(18(24)16-17)15(23)11-9(21)5-4-8(20)10(11)14(12)22;;/h13-14H,1-12H2;1-4,11H,5-10,12H2;4-5,16,24H,3,6-7H2,1-2H3;2*1H4. The van der Waals surface area contributed by atoms with Crippen molar-refractivity contribution in [1.29, 1.82) is 0 Å². The second-order valence-corrected chi connectivity index (χ2v) is 22.0. The molecule has 27 nitrogen and oxygen atoms in total. The Morgan fingerprint density at radius 2 is 1.23 bits per heavy atom. The van der Waals surface area contributed by atoms with Gasteiger partial charge in [0.1, 0.15) is 17.9 Å². The number of aromatic amines is 1. The molecule has 3 saturated heterocycles. The summed E-state index contributed by atoms with van der Waals surface area (Å²) in [6.07, 6.45) is 12.1. The number of rotatable bonds is 12. The van der Waals surface area contributed by atoms with E-state index in [0.29, 0.717) is 46.1 Å². The number of H-pyrrole nitrogens is 1. The van der Waals surface area contributed by atoms with E-state index in [2.05, 4.69) is 35.3 Å². The number of allylic oxidation sites excluding steroid dienone is 2. The van der Waals surface area contributed by atoms with Crippen molar-refractivity contribution in [2.75, 3.05) is 84.4 Å². The van der Waals surface area contributed by atoms with Gasteiger partial charge < -0.3 is 40.2 Å². The molecule has 0 radical (unpaired) electrons. The third kappa shape index (κ3) is 11.6. The molecule has 27 heteroatoms. The maximum atomic E-state index is 13.3. The average Bonchev–Trinajstić information content (AvgIpc) is 2.03. The first-order valence-electron chi connectivity index (χ1n) is 27.6. The fraction of sp³-hybridized carbons (Fsp3) is 0.456. The largest absolute Gasteiger partial charge is 0.691 e. The highest BCUT2D eigenvalue weighted by Crippen LogP contribution is 2.32. The highest BCUT2D eigenvalue weighted by molar-refractivity contribution is 6.26. The summed E-state index contributed by atoms with van der Waals surface area (Å²) in [5, 5.41) is 55.5. The van der Waals surface area contributed by atoms with Crippen LogP contribution in [0, 0.1) is 15.6 Å². The third-order valence-electron chi connectivity index (χ3n) is 15.8. The summed E-state index contributed by atoms with van der Waals surface area (Å²) in [7, 11) is 2.93. The van der Waals surface area contributed by atoms with Gasteiger partial charge in [-0.05, 0) is 99.1 Å².